The Hall–Kier alpha value is -0.870. The summed E-state index contributed by atoms with van der Waals surface area (Å²) in [6.45, 7) is 4.90. The molecule has 3 atom stereocenters. The maximum absolute atomic E-state index is 11.4. The second-order valence-electron chi connectivity index (χ2n) is 3.95. The molecular weight excluding hydrogens is 196 g/mol. The van der Waals surface area contributed by atoms with Crippen LogP contribution in [0.5, 0.6) is 0 Å². The molecule has 3 unspecified atom stereocenters. The van der Waals surface area contributed by atoms with Crippen molar-refractivity contribution < 1.29 is 19.0 Å². The van der Waals surface area contributed by atoms with E-state index in [9.17, 15) is 4.79 Å². The molecule has 0 spiro atoms. The van der Waals surface area contributed by atoms with Gasteiger partial charge >= 0.3 is 5.97 Å². The lowest BCUT2D eigenvalue weighted by Crippen LogP contribution is -2.11. The third kappa shape index (κ3) is 3.04. The first-order valence-electron chi connectivity index (χ1n) is 5.33. The molecule has 2 heterocycles. The van der Waals surface area contributed by atoms with Crippen LogP contribution >= 0.6 is 0 Å². The number of hydrogen-bond donors (Lipinski definition) is 0. The summed E-state index contributed by atoms with van der Waals surface area (Å²) in [5, 5.41) is 0. The van der Waals surface area contributed by atoms with E-state index in [-0.39, 0.29) is 18.2 Å². The predicted octanol–water partition coefficient (Wildman–Crippen LogP) is 1.05. The molecular formula is C11H16O4. The summed E-state index contributed by atoms with van der Waals surface area (Å²) in [6, 6.07) is 0. The van der Waals surface area contributed by atoms with E-state index in [1.54, 1.807) is 6.92 Å². The smallest absolute Gasteiger partial charge is 0.333 e. The van der Waals surface area contributed by atoms with Gasteiger partial charge in [0.15, 0.2) is 0 Å². The molecule has 0 aromatic rings. The van der Waals surface area contributed by atoms with Crippen molar-refractivity contribution in [3.8, 4) is 0 Å². The fourth-order valence-electron chi connectivity index (χ4n) is 1.39. The van der Waals surface area contributed by atoms with Crippen molar-refractivity contribution >= 4 is 5.97 Å². The number of carbonyl (C=O) groups excluding carboxylic acids is 1. The molecule has 4 heteroatoms. The van der Waals surface area contributed by atoms with Crippen LogP contribution in [-0.4, -0.2) is 37.5 Å². The average molecular weight is 212 g/mol. The molecule has 4 nitrogen and oxygen atoms in total. The van der Waals surface area contributed by atoms with Crippen LogP contribution in [0.2, 0.25) is 0 Å². The van der Waals surface area contributed by atoms with Gasteiger partial charge in [-0.15, -0.1) is 0 Å². The van der Waals surface area contributed by atoms with Gasteiger partial charge in [-0.1, -0.05) is 6.92 Å². The Morgan fingerprint density at radius 2 is 2.33 bits per heavy atom. The summed E-state index contributed by atoms with van der Waals surface area (Å²) in [7, 11) is 0. The highest BCUT2D eigenvalue weighted by Crippen LogP contribution is 2.27. The normalized spacial score (nSPS) is 33.7. The Labute approximate surface area is 89.2 Å². The van der Waals surface area contributed by atoms with Crippen LogP contribution in [0.1, 0.15) is 20.3 Å². The van der Waals surface area contributed by atoms with Crippen LogP contribution in [0.4, 0.5) is 0 Å². The monoisotopic (exact) mass is 212 g/mol. The first-order chi connectivity index (χ1) is 7.20. The van der Waals surface area contributed by atoms with E-state index >= 15 is 0 Å². The quantitative estimate of drug-likeness (QED) is 0.388. The number of epoxide rings is 2. The number of hydrogen-bond acceptors (Lipinski definition) is 4. The highest BCUT2D eigenvalue weighted by atomic mass is 16.6. The van der Waals surface area contributed by atoms with E-state index in [1.165, 1.54) is 0 Å². The van der Waals surface area contributed by atoms with Crippen LogP contribution in [0.15, 0.2) is 11.6 Å². The fraction of sp³-hybridized carbons (Fsp3) is 0.727. The third-order valence-electron chi connectivity index (χ3n) is 2.56. The Morgan fingerprint density at radius 3 is 2.87 bits per heavy atom. The Kier molecular flexibility index (Phi) is 3.07. The second kappa shape index (κ2) is 4.33. The summed E-state index contributed by atoms with van der Waals surface area (Å²) in [5.74, 6) is -0.268. The minimum atomic E-state index is -0.268. The lowest BCUT2D eigenvalue weighted by atomic mass is 10.2. The zero-order valence-electron chi connectivity index (χ0n) is 9.06. The molecule has 0 amide bonds. The van der Waals surface area contributed by atoms with Crippen LogP contribution in [0.3, 0.4) is 0 Å². The highest BCUT2D eigenvalue weighted by Gasteiger charge is 2.35. The van der Waals surface area contributed by atoms with E-state index in [0.717, 1.165) is 6.42 Å². The van der Waals surface area contributed by atoms with Gasteiger partial charge in [-0.25, -0.2) is 4.79 Å². The second-order valence-corrected chi connectivity index (χ2v) is 3.95. The topological polar surface area (TPSA) is 51.4 Å². The number of ether oxygens (including phenoxy) is 3. The summed E-state index contributed by atoms with van der Waals surface area (Å²) >= 11 is 0. The van der Waals surface area contributed by atoms with Gasteiger partial charge in [-0.05, 0) is 19.4 Å². The highest BCUT2D eigenvalue weighted by molar-refractivity contribution is 5.87. The third-order valence-corrected chi connectivity index (χ3v) is 2.56. The molecule has 84 valence electrons. The van der Waals surface area contributed by atoms with E-state index in [0.29, 0.717) is 24.9 Å². The van der Waals surface area contributed by atoms with Crippen molar-refractivity contribution in [2.24, 2.45) is 0 Å². The minimum Gasteiger partial charge on any atom is -0.459 e. The van der Waals surface area contributed by atoms with Crippen LogP contribution in [0, 0.1) is 0 Å². The van der Waals surface area contributed by atoms with Crippen molar-refractivity contribution in [3.63, 3.8) is 0 Å². The minimum absolute atomic E-state index is 0.111. The lowest BCUT2D eigenvalue weighted by molar-refractivity contribution is -0.139. The van der Waals surface area contributed by atoms with Crippen molar-refractivity contribution in [3.05, 3.63) is 11.6 Å². The summed E-state index contributed by atoms with van der Waals surface area (Å²) in [5.41, 5.74) is 0.622. The first kappa shape index (κ1) is 10.6. The van der Waals surface area contributed by atoms with E-state index in [4.69, 9.17) is 14.2 Å². The maximum Gasteiger partial charge on any atom is 0.333 e. The van der Waals surface area contributed by atoms with E-state index in [2.05, 4.69) is 6.92 Å². The van der Waals surface area contributed by atoms with E-state index in [1.807, 2.05) is 6.08 Å². The molecule has 2 saturated heterocycles. The molecule has 2 aliphatic rings. The van der Waals surface area contributed by atoms with Crippen molar-refractivity contribution in [2.75, 3.05) is 13.2 Å². The van der Waals surface area contributed by atoms with Gasteiger partial charge in [-0.2, -0.15) is 0 Å². The van der Waals surface area contributed by atoms with Gasteiger partial charge in [0.05, 0.1) is 12.7 Å². The summed E-state index contributed by atoms with van der Waals surface area (Å²) < 4.78 is 15.3. The number of rotatable bonds is 5. The summed E-state index contributed by atoms with van der Waals surface area (Å²) in [4.78, 5) is 11.4. The van der Waals surface area contributed by atoms with E-state index < -0.39 is 0 Å². The Balaban J connectivity index is 1.73. The maximum atomic E-state index is 11.4. The molecule has 0 aromatic carbocycles. The molecule has 2 rings (SSSR count). The molecule has 2 aliphatic heterocycles. The van der Waals surface area contributed by atoms with Crippen molar-refractivity contribution in [1.29, 1.82) is 0 Å². The van der Waals surface area contributed by atoms with Gasteiger partial charge < -0.3 is 14.2 Å². The fourth-order valence-corrected chi connectivity index (χ4v) is 1.39. The standard InChI is InChI=1S/C11H16O4/c1-3-9-10(15-9)4-7(2)11(12)14-6-8-5-13-8/h4,8-10H,3,5-6H2,1-2H3. The summed E-state index contributed by atoms with van der Waals surface area (Å²) in [6.07, 6.45) is 3.35. The van der Waals surface area contributed by atoms with Gasteiger partial charge in [-0.3, -0.25) is 0 Å². The molecule has 0 aliphatic carbocycles. The molecule has 0 saturated carbocycles. The van der Waals surface area contributed by atoms with Crippen molar-refractivity contribution in [2.45, 2.75) is 38.6 Å². The average Bonchev–Trinajstić information content (AvgIpc) is 3.09. The zero-order valence-corrected chi connectivity index (χ0v) is 9.06. The largest absolute Gasteiger partial charge is 0.459 e. The van der Waals surface area contributed by atoms with Gasteiger partial charge in [0.1, 0.15) is 18.8 Å². The number of carbonyl (C=O) groups is 1. The molecule has 0 aromatic heterocycles. The molecule has 0 bridgehead atoms. The lowest BCUT2D eigenvalue weighted by Gasteiger charge is -2.01. The Morgan fingerprint density at radius 1 is 1.60 bits per heavy atom. The molecule has 15 heavy (non-hydrogen) atoms. The van der Waals surface area contributed by atoms with Crippen LogP contribution < -0.4 is 0 Å². The molecule has 0 N–H and O–H groups in total. The molecule has 2 fully saturated rings. The predicted molar refractivity (Wildman–Crippen MR) is 53.4 cm³/mol. The molecule has 0 radical (unpaired) electrons. The van der Waals surface area contributed by atoms with Crippen LogP contribution in [-0.2, 0) is 19.0 Å². The SMILES string of the molecule is CCC1OC1C=C(C)C(=O)OCC1CO1. The zero-order chi connectivity index (χ0) is 10.8. The van der Waals surface area contributed by atoms with Crippen LogP contribution in [0.25, 0.3) is 0 Å². The van der Waals surface area contributed by atoms with Gasteiger partial charge in [0.2, 0.25) is 0 Å². The van der Waals surface area contributed by atoms with Gasteiger partial charge in [0, 0.05) is 5.57 Å². The van der Waals surface area contributed by atoms with Crippen molar-refractivity contribution in [1.82, 2.24) is 0 Å². The first-order valence-corrected chi connectivity index (χ1v) is 5.33. The Bertz CT molecular complexity index is 280. The van der Waals surface area contributed by atoms with Gasteiger partial charge in [0.25, 0.3) is 0 Å². The number of esters is 1.